The fourth-order valence-electron chi connectivity index (χ4n) is 2.68. The molecule has 0 heterocycles. The summed E-state index contributed by atoms with van der Waals surface area (Å²) in [5, 5.41) is 0. The molecule has 110 valence electrons. The standard InChI is InChI=1S/C20H18O2/c1-22-18-12-13-19-17(14-18)11-10-16(20(19)21)9-5-8-15-6-3-2-4-7-15/h2-9,12-14H,10-11H2,1H3/b8-5+,16-9+. The maximum absolute atomic E-state index is 12.5. The molecule has 0 aliphatic heterocycles. The van der Waals surface area contributed by atoms with Crippen molar-refractivity contribution >= 4 is 11.9 Å². The molecule has 0 fully saturated rings. The van der Waals surface area contributed by atoms with Crippen molar-refractivity contribution in [2.45, 2.75) is 12.8 Å². The van der Waals surface area contributed by atoms with Crippen LogP contribution < -0.4 is 4.74 Å². The molecule has 0 bridgehead atoms. The van der Waals surface area contributed by atoms with Crippen LogP contribution in [0.2, 0.25) is 0 Å². The van der Waals surface area contributed by atoms with Crippen LogP contribution >= 0.6 is 0 Å². The number of allylic oxidation sites excluding steroid dienone is 3. The van der Waals surface area contributed by atoms with E-state index in [0.717, 1.165) is 40.9 Å². The third-order valence-electron chi connectivity index (χ3n) is 3.90. The smallest absolute Gasteiger partial charge is 0.189 e. The highest BCUT2D eigenvalue weighted by Crippen LogP contribution is 2.28. The summed E-state index contributed by atoms with van der Waals surface area (Å²) in [5.74, 6) is 0.935. The van der Waals surface area contributed by atoms with Crippen molar-refractivity contribution in [2.75, 3.05) is 7.11 Å². The van der Waals surface area contributed by atoms with Crippen LogP contribution in [0.4, 0.5) is 0 Å². The number of carbonyl (C=O) groups is 1. The first-order valence-corrected chi connectivity index (χ1v) is 7.42. The number of benzene rings is 2. The first kappa shape index (κ1) is 14.3. The summed E-state index contributed by atoms with van der Waals surface area (Å²) in [7, 11) is 1.64. The molecule has 3 rings (SSSR count). The lowest BCUT2D eigenvalue weighted by Crippen LogP contribution is -2.14. The van der Waals surface area contributed by atoms with Crippen LogP contribution in [0.5, 0.6) is 5.75 Å². The quantitative estimate of drug-likeness (QED) is 0.780. The van der Waals surface area contributed by atoms with Crippen molar-refractivity contribution in [1.29, 1.82) is 0 Å². The summed E-state index contributed by atoms with van der Waals surface area (Å²) in [5.41, 5.74) is 3.87. The summed E-state index contributed by atoms with van der Waals surface area (Å²) in [6.45, 7) is 0. The molecule has 0 N–H and O–H groups in total. The van der Waals surface area contributed by atoms with Gasteiger partial charge in [0.25, 0.3) is 0 Å². The Bertz CT molecular complexity index is 740. The number of hydrogen-bond donors (Lipinski definition) is 0. The molecule has 0 saturated carbocycles. The molecule has 0 radical (unpaired) electrons. The molecule has 2 aromatic rings. The molecule has 1 aliphatic rings. The lowest BCUT2D eigenvalue weighted by atomic mass is 9.86. The second-order valence-electron chi connectivity index (χ2n) is 5.31. The second kappa shape index (κ2) is 6.44. The average Bonchev–Trinajstić information content (AvgIpc) is 2.57. The summed E-state index contributed by atoms with van der Waals surface area (Å²) in [4.78, 5) is 12.5. The molecule has 1 aliphatic carbocycles. The molecular formula is C20H18O2. The van der Waals surface area contributed by atoms with Crippen LogP contribution in [0.1, 0.15) is 27.9 Å². The van der Waals surface area contributed by atoms with Gasteiger partial charge in [-0.2, -0.15) is 0 Å². The Labute approximate surface area is 130 Å². The lowest BCUT2D eigenvalue weighted by Gasteiger charge is -2.17. The third kappa shape index (κ3) is 3.01. The number of hydrogen-bond acceptors (Lipinski definition) is 2. The Morgan fingerprint density at radius 2 is 1.86 bits per heavy atom. The zero-order valence-corrected chi connectivity index (χ0v) is 12.6. The number of ketones is 1. The van der Waals surface area contributed by atoms with E-state index in [0.29, 0.717) is 0 Å². The number of ether oxygens (including phenoxy) is 1. The van der Waals surface area contributed by atoms with Crippen LogP contribution in [-0.4, -0.2) is 12.9 Å². The maximum atomic E-state index is 12.5. The minimum absolute atomic E-state index is 0.126. The van der Waals surface area contributed by atoms with Gasteiger partial charge in [-0.3, -0.25) is 4.79 Å². The van der Waals surface area contributed by atoms with Gasteiger partial charge in [-0.25, -0.2) is 0 Å². The van der Waals surface area contributed by atoms with Gasteiger partial charge in [0.05, 0.1) is 7.11 Å². The van der Waals surface area contributed by atoms with Crippen LogP contribution in [-0.2, 0) is 6.42 Å². The second-order valence-corrected chi connectivity index (χ2v) is 5.31. The Morgan fingerprint density at radius 1 is 1.05 bits per heavy atom. The summed E-state index contributed by atoms with van der Waals surface area (Å²) >= 11 is 0. The third-order valence-corrected chi connectivity index (χ3v) is 3.90. The SMILES string of the molecule is COc1ccc2c(c1)CC/C(=C\C=C\c1ccccc1)C2=O. The first-order valence-electron chi connectivity index (χ1n) is 7.42. The Morgan fingerprint density at radius 3 is 2.64 bits per heavy atom. The molecule has 0 atom stereocenters. The molecule has 2 aromatic carbocycles. The van der Waals surface area contributed by atoms with E-state index in [1.807, 2.05) is 66.8 Å². The van der Waals surface area contributed by atoms with Crippen molar-refractivity contribution in [3.63, 3.8) is 0 Å². The average molecular weight is 290 g/mol. The molecule has 0 spiro atoms. The van der Waals surface area contributed by atoms with Gasteiger partial charge in [-0.05, 0) is 42.2 Å². The van der Waals surface area contributed by atoms with Gasteiger partial charge in [0.2, 0.25) is 0 Å². The van der Waals surface area contributed by atoms with Gasteiger partial charge in [0.15, 0.2) is 5.78 Å². The van der Waals surface area contributed by atoms with Crippen molar-refractivity contribution in [1.82, 2.24) is 0 Å². The maximum Gasteiger partial charge on any atom is 0.189 e. The fourth-order valence-corrected chi connectivity index (χ4v) is 2.68. The molecule has 2 heteroatoms. The Hall–Kier alpha value is -2.61. The number of Topliss-reactive ketones (excluding diaryl/α,β-unsaturated/α-hetero) is 1. The van der Waals surface area contributed by atoms with Crippen LogP contribution in [0, 0.1) is 0 Å². The molecule has 0 unspecified atom stereocenters. The van der Waals surface area contributed by atoms with Crippen molar-refractivity contribution in [3.05, 3.63) is 82.9 Å². The number of methoxy groups -OCH3 is 1. The Balaban J connectivity index is 1.80. The lowest BCUT2D eigenvalue weighted by molar-refractivity contribution is 0.102. The number of fused-ring (bicyclic) bond motifs is 1. The minimum Gasteiger partial charge on any atom is -0.497 e. The van der Waals surface area contributed by atoms with Crippen molar-refractivity contribution in [3.8, 4) is 5.75 Å². The zero-order valence-electron chi connectivity index (χ0n) is 12.6. The number of aryl methyl sites for hydroxylation is 1. The van der Waals surface area contributed by atoms with Crippen LogP contribution in [0.25, 0.3) is 6.08 Å². The summed E-state index contributed by atoms with van der Waals surface area (Å²) in [6.07, 6.45) is 7.56. The predicted molar refractivity (Wildman–Crippen MR) is 89.2 cm³/mol. The monoisotopic (exact) mass is 290 g/mol. The number of rotatable bonds is 3. The molecular weight excluding hydrogens is 272 g/mol. The highest BCUT2D eigenvalue weighted by Gasteiger charge is 2.21. The highest BCUT2D eigenvalue weighted by atomic mass is 16.5. The largest absolute Gasteiger partial charge is 0.497 e. The predicted octanol–water partition coefficient (Wildman–Crippen LogP) is 4.46. The van der Waals surface area contributed by atoms with E-state index in [9.17, 15) is 4.79 Å². The molecule has 0 amide bonds. The van der Waals surface area contributed by atoms with E-state index in [2.05, 4.69) is 0 Å². The van der Waals surface area contributed by atoms with Gasteiger partial charge in [0, 0.05) is 11.1 Å². The summed E-state index contributed by atoms with van der Waals surface area (Å²) in [6, 6.07) is 15.8. The zero-order chi connectivity index (χ0) is 15.4. The topological polar surface area (TPSA) is 26.3 Å². The van der Waals surface area contributed by atoms with Gasteiger partial charge < -0.3 is 4.74 Å². The molecule has 0 aromatic heterocycles. The van der Waals surface area contributed by atoms with Gasteiger partial charge >= 0.3 is 0 Å². The minimum atomic E-state index is 0.126. The van der Waals surface area contributed by atoms with Gasteiger partial charge in [-0.1, -0.05) is 48.6 Å². The van der Waals surface area contributed by atoms with E-state index >= 15 is 0 Å². The van der Waals surface area contributed by atoms with Crippen molar-refractivity contribution in [2.24, 2.45) is 0 Å². The highest BCUT2D eigenvalue weighted by molar-refractivity contribution is 6.11. The van der Waals surface area contributed by atoms with Gasteiger partial charge in [-0.15, -0.1) is 0 Å². The Kier molecular flexibility index (Phi) is 4.19. The first-order chi connectivity index (χ1) is 10.8. The van der Waals surface area contributed by atoms with E-state index in [4.69, 9.17) is 4.74 Å². The van der Waals surface area contributed by atoms with E-state index in [1.54, 1.807) is 7.11 Å². The van der Waals surface area contributed by atoms with E-state index in [1.165, 1.54) is 0 Å². The fraction of sp³-hybridized carbons (Fsp3) is 0.150. The molecule has 22 heavy (non-hydrogen) atoms. The molecule has 2 nitrogen and oxygen atoms in total. The normalized spacial score (nSPS) is 16.0. The van der Waals surface area contributed by atoms with Crippen LogP contribution in [0.15, 0.2) is 66.3 Å². The van der Waals surface area contributed by atoms with E-state index < -0.39 is 0 Å². The molecule has 0 saturated heterocycles. The van der Waals surface area contributed by atoms with E-state index in [-0.39, 0.29) is 5.78 Å². The number of carbonyl (C=O) groups excluding carboxylic acids is 1. The van der Waals surface area contributed by atoms with Crippen LogP contribution in [0.3, 0.4) is 0 Å². The van der Waals surface area contributed by atoms with Gasteiger partial charge in [0.1, 0.15) is 5.75 Å². The summed E-state index contributed by atoms with van der Waals surface area (Å²) < 4.78 is 5.22. The van der Waals surface area contributed by atoms with Crippen molar-refractivity contribution < 1.29 is 9.53 Å².